The molecule has 5 nitrogen and oxygen atoms in total. The minimum absolute atomic E-state index is 0.938. The number of benzene rings is 2. The molecule has 1 fully saturated rings. The Morgan fingerprint density at radius 1 is 0.933 bits per heavy atom. The van der Waals surface area contributed by atoms with Crippen molar-refractivity contribution in [2.45, 2.75) is 20.4 Å². The largest absolute Gasteiger partial charge is 0.345 e. The summed E-state index contributed by atoms with van der Waals surface area (Å²) in [5.41, 5.74) is 6.90. The van der Waals surface area contributed by atoms with Crippen molar-refractivity contribution in [2.75, 3.05) is 31.1 Å². The van der Waals surface area contributed by atoms with Crippen LogP contribution in [0.4, 0.5) is 5.82 Å². The van der Waals surface area contributed by atoms with Crippen LogP contribution in [-0.2, 0) is 6.54 Å². The Hall–Kier alpha value is -3.18. The highest BCUT2D eigenvalue weighted by Gasteiger charge is 2.23. The zero-order valence-corrected chi connectivity index (χ0v) is 17.7. The second kappa shape index (κ2) is 7.92. The summed E-state index contributed by atoms with van der Waals surface area (Å²) in [6.07, 6.45) is 1.95. The van der Waals surface area contributed by atoms with Crippen molar-refractivity contribution in [3.05, 3.63) is 83.7 Å². The van der Waals surface area contributed by atoms with Crippen LogP contribution in [0.1, 0.15) is 16.8 Å². The lowest BCUT2D eigenvalue weighted by atomic mass is 10.1. The molecule has 2 aromatic heterocycles. The number of hydrogen-bond donors (Lipinski definition) is 1. The minimum Gasteiger partial charge on any atom is -0.345 e. The molecule has 5 rings (SSSR count). The summed E-state index contributed by atoms with van der Waals surface area (Å²) in [4.78, 5) is 8.93. The molecule has 5 heteroatoms. The van der Waals surface area contributed by atoms with Crippen molar-refractivity contribution in [1.82, 2.24) is 14.6 Å². The van der Waals surface area contributed by atoms with Crippen LogP contribution in [0, 0.1) is 13.8 Å². The normalized spacial score (nSPS) is 15.1. The standard InChI is InChI=1S/C25H27N5/c1-19-8-10-22(11-9-19)23-17-26-30-24(16-20(2)27-25(23)30)29-14-12-28(13-15-29)18-21-6-4-3-5-7-21/h3-11,16-17H,12-15,18H2,1-2H3/p+1. The SMILES string of the molecule is Cc1ccc(-c2cnn3c(N4CC[NH+](Cc5ccccc5)CC4)cc(C)nc23)cc1. The molecule has 2 aromatic carbocycles. The molecule has 0 spiro atoms. The molecule has 0 atom stereocenters. The van der Waals surface area contributed by atoms with E-state index in [-0.39, 0.29) is 0 Å². The van der Waals surface area contributed by atoms with Gasteiger partial charge in [-0.2, -0.15) is 9.61 Å². The molecule has 0 bridgehead atoms. The maximum atomic E-state index is 4.83. The van der Waals surface area contributed by atoms with Gasteiger partial charge in [0.05, 0.1) is 32.4 Å². The molecule has 0 radical (unpaired) electrons. The molecule has 1 N–H and O–H groups in total. The Morgan fingerprint density at radius 2 is 1.67 bits per heavy atom. The summed E-state index contributed by atoms with van der Waals surface area (Å²) < 4.78 is 2.02. The van der Waals surface area contributed by atoms with E-state index in [2.05, 4.69) is 79.4 Å². The predicted molar refractivity (Wildman–Crippen MR) is 121 cm³/mol. The van der Waals surface area contributed by atoms with Gasteiger partial charge in [-0.25, -0.2) is 4.98 Å². The fourth-order valence-corrected chi connectivity index (χ4v) is 4.34. The average Bonchev–Trinajstić information content (AvgIpc) is 3.19. The molecule has 0 unspecified atom stereocenters. The zero-order valence-electron chi connectivity index (χ0n) is 17.7. The van der Waals surface area contributed by atoms with Crippen molar-refractivity contribution in [1.29, 1.82) is 0 Å². The van der Waals surface area contributed by atoms with Gasteiger partial charge in [0.25, 0.3) is 0 Å². The van der Waals surface area contributed by atoms with E-state index in [4.69, 9.17) is 10.1 Å². The highest BCUT2D eigenvalue weighted by atomic mass is 15.4. The van der Waals surface area contributed by atoms with E-state index in [9.17, 15) is 0 Å². The maximum absolute atomic E-state index is 4.83. The smallest absolute Gasteiger partial charge is 0.165 e. The Bertz CT molecular complexity index is 1140. The second-order valence-corrected chi connectivity index (χ2v) is 8.31. The van der Waals surface area contributed by atoms with Crippen LogP contribution in [0.25, 0.3) is 16.8 Å². The Labute approximate surface area is 177 Å². The Kier molecular flexibility index (Phi) is 4.97. The molecule has 1 saturated heterocycles. The minimum atomic E-state index is 0.938. The first-order valence-electron chi connectivity index (χ1n) is 10.7. The number of nitrogens with one attached hydrogen (secondary N) is 1. The first-order chi connectivity index (χ1) is 14.7. The molecule has 1 aliphatic heterocycles. The average molecular weight is 399 g/mol. The van der Waals surface area contributed by atoms with E-state index in [1.165, 1.54) is 11.1 Å². The third-order valence-corrected chi connectivity index (χ3v) is 6.04. The number of hydrogen-bond acceptors (Lipinski definition) is 3. The fourth-order valence-electron chi connectivity index (χ4n) is 4.34. The number of quaternary nitrogens is 1. The summed E-state index contributed by atoms with van der Waals surface area (Å²) in [7, 11) is 0. The van der Waals surface area contributed by atoms with Crippen molar-refractivity contribution in [3.8, 4) is 11.1 Å². The van der Waals surface area contributed by atoms with E-state index in [1.807, 2.05) is 10.7 Å². The lowest BCUT2D eigenvalue weighted by molar-refractivity contribution is -0.914. The van der Waals surface area contributed by atoms with Crippen LogP contribution >= 0.6 is 0 Å². The summed E-state index contributed by atoms with van der Waals surface area (Å²) in [6.45, 7) is 9.60. The monoisotopic (exact) mass is 398 g/mol. The van der Waals surface area contributed by atoms with Gasteiger partial charge in [-0.3, -0.25) is 0 Å². The van der Waals surface area contributed by atoms with Gasteiger partial charge in [0.15, 0.2) is 5.65 Å². The summed E-state index contributed by atoms with van der Waals surface area (Å²) >= 11 is 0. The molecule has 0 saturated carbocycles. The zero-order chi connectivity index (χ0) is 20.5. The molecule has 0 amide bonds. The Morgan fingerprint density at radius 3 is 2.40 bits per heavy atom. The number of aromatic nitrogens is 3. The first kappa shape index (κ1) is 18.8. The number of aryl methyl sites for hydroxylation is 2. The van der Waals surface area contributed by atoms with Crippen LogP contribution < -0.4 is 9.80 Å². The lowest BCUT2D eigenvalue weighted by Crippen LogP contribution is -3.13. The molecular weight excluding hydrogens is 370 g/mol. The van der Waals surface area contributed by atoms with Crippen molar-refractivity contribution in [3.63, 3.8) is 0 Å². The number of rotatable bonds is 4. The van der Waals surface area contributed by atoms with Crippen LogP contribution in [-0.4, -0.2) is 40.8 Å². The van der Waals surface area contributed by atoms with Crippen LogP contribution in [0.3, 0.4) is 0 Å². The number of fused-ring (bicyclic) bond motifs is 1. The van der Waals surface area contributed by atoms with Gasteiger partial charge < -0.3 is 9.80 Å². The van der Waals surface area contributed by atoms with Gasteiger partial charge in [0.2, 0.25) is 0 Å². The van der Waals surface area contributed by atoms with E-state index in [1.54, 1.807) is 4.90 Å². The molecule has 0 aliphatic carbocycles. The quantitative estimate of drug-likeness (QED) is 0.574. The van der Waals surface area contributed by atoms with Gasteiger partial charge in [-0.05, 0) is 19.4 Å². The molecule has 3 heterocycles. The van der Waals surface area contributed by atoms with Gasteiger partial charge in [0, 0.05) is 22.9 Å². The van der Waals surface area contributed by atoms with Crippen molar-refractivity contribution < 1.29 is 4.90 Å². The number of piperazine rings is 1. The predicted octanol–water partition coefficient (Wildman–Crippen LogP) is 2.92. The topological polar surface area (TPSA) is 37.9 Å². The van der Waals surface area contributed by atoms with Crippen molar-refractivity contribution in [2.24, 2.45) is 0 Å². The van der Waals surface area contributed by atoms with Crippen LogP contribution in [0.15, 0.2) is 66.9 Å². The van der Waals surface area contributed by atoms with Crippen LogP contribution in [0.5, 0.6) is 0 Å². The summed E-state index contributed by atoms with van der Waals surface area (Å²) in [5, 5.41) is 4.73. The van der Waals surface area contributed by atoms with Gasteiger partial charge in [-0.15, -0.1) is 0 Å². The van der Waals surface area contributed by atoms with Gasteiger partial charge >= 0.3 is 0 Å². The highest BCUT2D eigenvalue weighted by Crippen LogP contribution is 2.27. The highest BCUT2D eigenvalue weighted by molar-refractivity contribution is 5.78. The molecule has 30 heavy (non-hydrogen) atoms. The summed E-state index contributed by atoms with van der Waals surface area (Å²) in [6, 6.07) is 21.6. The maximum Gasteiger partial charge on any atom is 0.165 e. The molecular formula is C25H28N5+. The lowest BCUT2D eigenvalue weighted by Gasteiger charge is -2.33. The number of anilines is 1. The van der Waals surface area contributed by atoms with E-state index >= 15 is 0 Å². The molecule has 1 aliphatic rings. The van der Waals surface area contributed by atoms with Crippen LogP contribution in [0.2, 0.25) is 0 Å². The summed E-state index contributed by atoms with van der Waals surface area (Å²) in [5.74, 6) is 1.15. The molecule has 4 aromatic rings. The van der Waals surface area contributed by atoms with E-state index in [0.717, 1.165) is 61.0 Å². The molecule has 152 valence electrons. The van der Waals surface area contributed by atoms with E-state index < -0.39 is 0 Å². The third kappa shape index (κ3) is 3.68. The van der Waals surface area contributed by atoms with Gasteiger partial charge in [-0.1, -0.05) is 60.2 Å². The second-order valence-electron chi connectivity index (χ2n) is 8.31. The Balaban J connectivity index is 1.39. The van der Waals surface area contributed by atoms with Gasteiger partial charge in [0.1, 0.15) is 12.4 Å². The third-order valence-electron chi connectivity index (χ3n) is 6.04. The fraction of sp³-hybridized carbons (Fsp3) is 0.280. The first-order valence-corrected chi connectivity index (χ1v) is 10.7. The number of nitrogens with zero attached hydrogens (tertiary/aromatic N) is 4. The van der Waals surface area contributed by atoms with Crippen molar-refractivity contribution >= 4 is 11.5 Å². The van der Waals surface area contributed by atoms with E-state index in [0.29, 0.717) is 0 Å².